The van der Waals surface area contributed by atoms with E-state index in [4.69, 9.17) is 0 Å². The average molecular weight is 420 g/mol. The fourth-order valence-electron chi connectivity index (χ4n) is 3.10. The van der Waals surface area contributed by atoms with Gasteiger partial charge in [0, 0.05) is 27.6 Å². The smallest absolute Gasteiger partial charge is 0.367 e. The van der Waals surface area contributed by atoms with E-state index in [0.29, 0.717) is 17.1 Å². The van der Waals surface area contributed by atoms with E-state index in [0.717, 1.165) is 29.4 Å². The van der Waals surface area contributed by atoms with Crippen LogP contribution in [0.3, 0.4) is 0 Å². The van der Waals surface area contributed by atoms with Gasteiger partial charge in [0.1, 0.15) is 5.69 Å². The van der Waals surface area contributed by atoms with Gasteiger partial charge in [0.05, 0.1) is 5.56 Å². The molecule has 0 bridgehead atoms. The zero-order valence-electron chi connectivity index (χ0n) is 16.7. The van der Waals surface area contributed by atoms with Crippen molar-refractivity contribution in [1.29, 1.82) is 0 Å². The van der Waals surface area contributed by atoms with Gasteiger partial charge in [-0.15, -0.1) is 10.2 Å². The molecule has 1 saturated carbocycles. The van der Waals surface area contributed by atoms with Crippen LogP contribution in [-0.2, 0) is 6.18 Å². The van der Waals surface area contributed by atoms with E-state index in [9.17, 15) is 13.2 Å². The van der Waals surface area contributed by atoms with Crippen LogP contribution in [-0.4, -0.2) is 27.7 Å². The van der Waals surface area contributed by atoms with Crippen LogP contribution in [0.25, 0.3) is 22.0 Å². The Hall–Kier alpha value is -2.28. The first-order valence-corrected chi connectivity index (χ1v) is 10.9. The first kappa shape index (κ1) is 21.4. The molecule has 154 valence electrons. The number of nitrogens with zero attached hydrogens (tertiary/aromatic N) is 2. The highest BCUT2D eigenvalue weighted by Crippen LogP contribution is 2.47. The van der Waals surface area contributed by atoms with Crippen LogP contribution in [0.4, 0.5) is 19.0 Å². The zero-order chi connectivity index (χ0) is 21.1. The Morgan fingerprint density at radius 3 is 2.14 bits per heavy atom. The molecule has 3 nitrogen and oxygen atoms in total. The highest BCUT2D eigenvalue weighted by molar-refractivity contribution is 8.00. The minimum atomic E-state index is -4.35. The second kappa shape index (κ2) is 8.61. The summed E-state index contributed by atoms with van der Waals surface area (Å²) in [6.07, 6.45) is 0.147. The molecule has 1 N–H and O–H groups in total. The average Bonchev–Trinajstić information content (AvgIpc) is 3.53. The summed E-state index contributed by atoms with van der Waals surface area (Å²) >= 11 is 1.86. The number of aromatic nitrogens is 2. The molecule has 1 aromatic heterocycles. The van der Waals surface area contributed by atoms with Gasteiger partial charge in [-0.2, -0.15) is 24.9 Å². The Morgan fingerprint density at radius 1 is 0.966 bits per heavy atom. The maximum absolute atomic E-state index is 12.8. The molecule has 0 atom stereocenters. The molecule has 1 aliphatic carbocycles. The van der Waals surface area contributed by atoms with E-state index in [2.05, 4.69) is 21.8 Å². The molecule has 0 aliphatic heterocycles. The molecule has 0 saturated heterocycles. The highest BCUT2D eigenvalue weighted by Gasteiger charge is 2.41. The topological polar surface area (TPSA) is 37.8 Å². The van der Waals surface area contributed by atoms with E-state index in [1.807, 2.05) is 49.9 Å². The molecule has 29 heavy (non-hydrogen) atoms. The predicted octanol–water partition coefficient (Wildman–Crippen LogP) is 6.65. The van der Waals surface area contributed by atoms with Crippen molar-refractivity contribution in [3.05, 3.63) is 54.1 Å². The van der Waals surface area contributed by atoms with E-state index in [-0.39, 0.29) is 4.75 Å². The van der Waals surface area contributed by atoms with Gasteiger partial charge >= 0.3 is 6.18 Å². The molecule has 0 spiro atoms. The lowest BCUT2D eigenvalue weighted by Crippen LogP contribution is -2.18. The summed E-state index contributed by atoms with van der Waals surface area (Å²) < 4.78 is 38.7. The van der Waals surface area contributed by atoms with Gasteiger partial charge < -0.3 is 5.32 Å². The Bertz CT molecular complexity index is 967. The number of alkyl halides is 3. The summed E-state index contributed by atoms with van der Waals surface area (Å²) in [5.41, 5.74) is 0.519. The maximum atomic E-state index is 12.8. The van der Waals surface area contributed by atoms with Crippen molar-refractivity contribution >= 4 is 28.4 Å². The number of thioether (sulfide) groups is 1. The molecular formula is C22H24F3N3S. The fraction of sp³-hybridized carbons (Fsp3) is 0.364. The lowest BCUT2D eigenvalue weighted by atomic mass is 10.0. The summed E-state index contributed by atoms with van der Waals surface area (Å²) in [5, 5.41) is 13.8. The zero-order valence-corrected chi connectivity index (χ0v) is 17.5. The van der Waals surface area contributed by atoms with Crippen LogP contribution in [0.5, 0.6) is 0 Å². The molecular weight excluding hydrogens is 395 g/mol. The molecule has 4 rings (SSSR count). The summed E-state index contributed by atoms with van der Waals surface area (Å²) in [4.78, 5) is 0. The van der Waals surface area contributed by atoms with Crippen LogP contribution in [0.1, 0.15) is 32.3 Å². The number of rotatable bonds is 5. The predicted molar refractivity (Wildman–Crippen MR) is 115 cm³/mol. The van der Waals surface area contributed by atoms with Gasteiger partial charge in [-0.05, 0) is 31.2 Å². The van der Waals surface area contributed by atoms with Gasteiger partial charge in [0.15, 0.2) is 5.82 Å². The minimum Gasteiger partial charge on any atom is -0.367 e. The molecule has 1 fully saturated rings. The van der Waals surface area contributed by atoms with Gasteiger partial charge in [0.2, 0.25) is 0 Å². The van der Waals surface area contributed by atoms with Gasteiger partial charge in [-0.25, -0.2) is 0 Å². The summed E-state index contributed by atoms with van der Waals surface area (Å²) in [7, 11) is 0. The first-order chi connectivity index (χ1) is 13.9. The van der Waals surface area contributed by atoms with Crippen molar-refractivity contribution in [1.82, 2.24) is 10.2 Å². The van der Waals surface area contributed by atoms with Gasteiger partial charge in [-0.1, -0.05) is 50.2 Å². The summed E-state index contributed by atoms with van der Waals surface area (Å²) in [6, 6.07) is 12.7. The maximum Gasteiger partial charge on any atom is 0.416 e. The second-order valence-corrected chi connectivity index (χ2v) is 8.03. The Labute approximate surface area is 173 Å². The van der Waals surface area contributed by atoms with Crippen molar-refractivity contribution in [2.75, 3.05) is 18.1 Å². The molecule has 2 aromatic carbocycles. The molecule has 7 heteroatoms. The minimum absolute atomic E-state index is 0.287. The normalized spacial score (nSPS) is 14.8. The third kappa shape index (κ3) is 4.66. The molecule has 1 heterocycles. The van der Waals surface area contributed by atoms with Crippen LogP contribution in [0, 0.1) is 0 Å². The second-order valence-electron chi connectivity index (χ2n) is 6.76. The lowest BCUT2D eigenvalue weighted by Gasteiger charge is -2.15. The summed E-state index contributed by atoms with van der Waals surface area (Å²) in [5.74, 6) is 0.710. The third-order valence-electron chi connectivity index (χ3n) is 4.99. The molecule has 3 aromatic rings. The first-order valence-electron chi connectivity index (χ1n) is 9.64. The van der Waals surface area contributed by atoms with Crippen molar-refractivity contribution in [2.45, 2.75) is 37.6 Å². The van der Waals surface area contributed by atoms with Crippen LogP contribution in [0.15, 0.2) is 48.5 Å². The largest absolute Gasteiger partial charge is 0.416 e. The molecule has 1 aliphatic rings. The monoisotopic (exact) mass is 419 g/mol. The Morgan fingerprint density at radius 2 is 1.59 bits per heavy atom. The third-order valence-corrected chi connectivity index (χ3v) is 6.41. The van der Waals surface area contributed by atoms with Crippen molar-refractivity contribution < 1.29 is 13.2 Å². The molecule has 0 amide bonds. The SMILES string of the molecule is CC.CSC1(CNc2nnc(-c3ccc(C(F)(F)F)cc3)c3ccccc23)CC1. The highest BCUT2D eigenvalue weighted by atomic mass is 32.2. The van der Waals surface area contributed by atoms with E-state index in [1.54, 1.807) is 0 Å². The summed E-state index contributed by atoms with van der Waals surface area (Å²) in [6.45, 7) is 4.83. The van der Waals surface area contributed by atoms with E-state index >= 15 is 0 Å². The fourth-order valence-corrected chi connectivity index (χ4v) is 3.83. The van der Waals surface area contributed by atoms with Gasteiger partial charge in [0.25, 0.3) is 0 Å². The number of hydrogen-bond acceptors (Lipinski definition) is 4. The number of hydrogen-bond donors (Lipinski definition) is 1. The number of nitrogens with one attached hydrogen (secondary N) is 1. The van der Waals surface area contributed by atoms with Gasteiger partial charge in [-0.3, -0.25) is 0 Å². The van der Waals surface area contributed by atoms with Crippen molar-refractivity contribution in [2.24, 2.45) is 0 Å². The number of benzene rings is 2. The number of anilines is 1. The van der Waals surface area contributed by atoms with Crippen molar-refractivity contribution in [3.8, 4) is 11.3 Å². The standard InChI is InChI=1S/C20H18F3N3S.C2H6/c1-27-19(10-11-19)12-24-18-16-5-3-2-4-15(16)17(25-26-18)13-6-8-14(9-7-13)20(21,22)23;1-2/h2-9H,10-12H2,1H3,(H,24,26);1-2H3. The number of halogens is 3. The van der Waals surface area contributed by atoms with Crippen molar-refractivity contribution in [3.63, 3.8) is 0 Å². The Balaban J connectivity index is 0.00000117. The molecule has 0 unspecified atom stereocenters. The van der Waals surface area contributed by atoms with Crippen LogP contribution in [0.2, 0.25) is 0 Å². The van der Waals surface area contributed by atoms with Crippen LogP contribution < -0.4 is 5.32 Å². The van der Waals surface area contributed by atoms with E-state index < -0.39 is 11.7 Å². The van der Waals surface area contributed by atoms with Crippen LogP contribution >= 0.6 is 11.8 Å². The quantitative estimate of drug-likeness (QED) is 0.502. The lowest BCUT2D eigenvalue weighted by molar-refractivity contribution is -0.137. The Kier molecular flexibility index (Phi) is 6.36. The number of fused-ring (bicyclic) bond motifs is 1. The van der Waals surface area contributed by atoms with E-state index in [1.165, 1.54) is 25.0 Å². The molecule has 0 radical (unpaired) electrons.